The van der Waals surface area contributed by atoms with Crippen LogP contribution < -0.4 is 5.56 Å². The number of benzene rings is 2. The first kappa shape index (κ1) is 15.3. The van der Waals surface area contributed by atoms with E-state index in [-0.39, 0.29) is 5.56 Å². The third-order valence-electron chi connectivity index (χ3n) is 3.70. The van der Waals surface area contributed by atoms with Crippen molar-refractivity contribution in [1.82, 2.24) is 9.78 Å². The topological polar surface area (TPSA) is 50.1 Å². The second-order valence-electron chi connectivity index (χ2n) is 5.27. The monoisotopic (exact) mass is 325 g/mol. The van der Waals surface area contributed by atoms with Crippen LogP contribution in [-0.2, 0) is 0 Å². The standard InChI is InChI=1S/C18H16ClN3O/c1-12-16(19)9-6-10-17(12)20-11-15-13(2)21-22(18(15)23)14-7-4-3-5-8-14/h3-11,21H,1-2H3. The molecule has 3 aromatic rings. The normalized spacial score (nSPS) is 11.3. The van der Waals surface area contributed by atoms with Crippen LogP contribution in [0, 0.1) is 13.8 Å². The lowest BCUT2D eigenvalue weighted by molar-refractivity contribution is 0.835. The van der Waals surface area contributed by atoms with Gasteiger partial charge in [-0.05, 0) is 43.7 Å². The van der Waals surface area contributed by atoms with Gasteiger partial charge in [-0.25, -0.2) is 4.68 Å². The number of aliphatic imine (C=N–C) groups is 1. The summed E-state index contributed by atoms with van der Waals surface area (Å²) in [6.45, 7) is 3.76. The van der Waals surface area contributed by atoms with Gasteiger partial charge in [-0.1, -0.05) is 35.9 Å². The predicted molar refractivity (Wildman–Crippen MR) is 94.6 cm³/mol. The maximum atomic E-state index is 12.6. The second-order valence-corrected chi connectivity index (χ2v) is 5.68. The van der Waals surface area contributed by atoms with Crippen LogP contribution in [0.15, 0.2) is 58.3 Å². The van der Waals surface area contributed by atoms with Gasteiger partial charge < -0.3 is 0 Å². The van der Waals surface area contributed by atoms with E-state index in [0.717, 1.165) is 22.6 Å². The Morgan fingerprint density at radius 2 is 1.83 bits per heavy atom. The SMILES string of the molecule is Cc1[nH]n(-c2ccccc2)c(=O)c1C=Nc1cccc(Cl)c1C. The van der Waals surface area contributed by atoms with Crippen LogP contribution in [-0.4, -0.2) is 16.0 Å². The highest BCUT2D eigenvalue weighted by molar-refractivity contribution is 6.31. The Balaban J connectivity index is 2.02. The number of H-pyrrole nitrogens is 1. The highest BCUT2D eigenvalue weighted by Crippen LogP contribution is 2.25. The first-order valence-corrected chi connectivity index (χ1v) is 7.62. The highest BCUT2D eigenvalue weighted by atomic mass is 35.5. The number of aromatic nitrogens is 2. The van der Waals surface area contributed by atoms with E-state index in [1.54, 1.807) is 6.21 Å². The summed E-state index contributed by atoms with van der Waals surface area (Å²) in [5.41, 5.74) is 3.61. The Labute approximate surface area is 139 Å². The molecule has 0 aliphatic rings. The average molecular weight is 326 g/mol. The number of hydrogen-bond acceptors (Lipinski definition) is 2. The zero-order valence-electron chi connectivity index (χ0n) is 12.9. The van der Waals surface area contributed by atoms with Crippen LogP contribution in [0.5, 0.6) is 0 Å². The van der Waals surface area contributed by atoms with Gasteiger partial charge >= 0.3 is 0 Å². The van der Waals surface area contributed by atoms with Crippen LogP contribution in [0.3, 0.4) is 0 Å². The van der Waals surface area contributed by atoms with Gasteiger partial charge in [-0.2, -0.15) is 0 Å². The molecule has 0 bridgehead atoms. The number of para-hydroxylation sites is 1. The molecule has 23 heavy (non-hydrogen) atoms. The molecule has 0 aliphatic carbocycles. The van der Waals surface area contributed by atoms with Crippen LogP contribution in [0.25, 0.3) is 5.69 Å². The third kappa shape index (κ3) is 2.98. The van der Waals surface area contributed by atoms with E-state index in [1.807, 2.05) is 62.4 Å². The molecule has 1 N–H and O–H groups in total. The van der Waals surface area contributed by atoms with Crippen molar-refractivity contribution in [1.29, 1.82) is 0 Å². The molecule has 0 aliphatic heterocycles. The maximum Gasteiger partial charge on any atom is 0.280 e. The minimum Gasteiger partial charge on any atom is -0.295 e. The number of nitrogens with zero attached hydrogens (tertiary/aromatic N) is 2. The Bertz CT molecular complexity index is 923. The lowest BCUT2D eigenvalue weighted by Crippen LogP contribution is -2.17. The minimum absolute atomic E-state index is 0.128. The number of hydrogen-bond donors (Lipinski definition) is 1. The molecule has 0 amide bonds. The van der Waals surface area contributed by atoms with Gasteiger partial charge in [0, 0.05) is 16.9 Å². The number of rotatable bonds is 3. The first-order chi connectivity index (χ1) is 11.1. The van der Waals surface area contributed by atoms with E-state index in [0.29, 0.717) is 10.6 Å². The Morgan fingerprint density at radius 1 is 1.09 bits per heavy atom. The van der Waals surface area contributed by atoms with E-state index in [9.17, 15) is 4.79 Å². The predicted octanol–water partition coefficient (Wildman–Crippen LogP) is 4.19. The molecule has 5 heteroatoms. The van der Waals surface area contributed by atoms with E-state index >= 15 is 0 Å². The highest BCUT2D eigenvalue weighted by Gasteiger charge is 2.10. The molecule has 0 saturated heterocycles. The van der Waals surface area contributed by atoms with Crippen molar-refractivity contribution >= 4 is 23.5 Å². The molecule has 0 spiro atoms. The van der Waals surface area contributed by atoms with Crippen LogP contribution in [0.2, 0.25) is 5.02 Å². The smallest absolute Gasteiger partial charge is 0.280 e. The van der Waals surface area contributed by atoms with Crippen molar-refractivity contribution in [2.45, 2.75) is 13.8 Å². The van der Waals surface area contributed by atoms with E-state index in [1.165, 1.54) is 4.68 Å². The van der Waals surface area contributed by atoms with E-state index in [4.69, 9.17) is 11.6 Å². The van der Waals surface area contributed by atoms with E-state index < -0.39 is 0 Å². The van der Waals surface area contributed by atoms with Gasteiger partial charge in [0.15, 0.2) is 0 Å². The number of halogens is 1. The molecule has 1 aromatic heterocycles. The summed E-state index contributed by atoms with van der Waals surface area (Å²) < 4.78 is 1.52. The minimum atomic E-state index is -0.128. The molecule has 0 saturated carbocycles. The van der Waals surface area contributed by atoms with Gasteiger partial charge in [0.1, 0.15) is 0 Å². The number of aromatic amines is 1. The molecule has 116 valence electrons. The van der Waals surface area contributed by atoms with Crippen molar-refractivity contribution in [3.8, 4) is 5.69 Å². The lowest BCUT2D eigenvalue weighted by atomic mass is 10.2. The molecule has 2 aromatic carbocycles. The number of aryl methyl sites for hydroxylation is 1. The zero-order chi connectivity index (χ0) is 16.4. The molecule has 0 atom stereocenters. The molecule has 3 rings (SSSR count). The van der Waals surface area contributed by atoms with Gasteiger partial charge in [0.2, 0.25) is 0 Å². The molecule has 0 unspecified atom stereocenters. The molecule has 1 heterocycles. The quantitative estimate of drug-likeness (QED) is 0.721. The Morgan fingerprint density at radius 3 is 2.57 bits per heavy atom. The van der Waals surface area contributed by atoms with Crippen LogP contribution in [0.1, 0.15) is 16.8 Å². The summed E-state index contributed by atoms with van der Waals surface area (Å²) >= 11 is 6.10. The lowest BCUT2D eigenvalue weighted by Gasteiger charge is -2.01. The first-order valence-electron chi connectivity index (χ1n) is 7.24. The molecule has 0 radical (unpaired) electrons. The van der Waals surface area contributed by atoms with Crippen LogP contribution in [0.4, 0.5) is 5.69 Å². The van der Waals surface area contributed by atoms with Gasteiger partial charge in [0.25, 0.3) is 5.56 Å². The van der Waals surface area contributed by atoms with Crippen molar-refractivity contribution in [3.05, 3.63) is 80.7 Å². The maximum absolute atomic E-state index is 12.6. The Kier molecular flexibility index (Phi) is 4.17. The fraction of sp³-hybridized carbons (Fsp3) is 0.111. The summed E-state index contributed by atoms with van der Waals surface area (Å²) in [5, 5.41) is 3.74. The zero-order valence-corrected chi connectivity index (χ0v) is 13.6. The van der Waals surface area contributed by atoms with Gasteiger partial charge in [0.05, 0.1) is 16.9 Å². The second kappa shape index (κ2) is 6.26. The largest absolute Gasteiger partial charge is 0.295 e. The van der Waals surface area contributed by atoms with E-state index in [2.05, 4.69) is 10.1 Å². The fourth-order valence-corrected chi connectivity index (χ4v) is 2.51. The van der Waals surface area contributed by atoms with Crippen molar-refractivity contribution < 1.29 is 0 Å². The summed E-state index contributed by atoms with van der Waals surface area (Å²) in [6.07, 6.45) is 1.59. The third-order valence-corrected chi connectivity index (χ3v) is 4.11. The average Bonchev–Trinajstić information content (AvgIpc) is 2.84. The van der Waals surface area contributed by atoms with Crippen molar-refractivity contribution in [2.75, 3.05) is 0 Å². The van der Waals surface area contributed by atoms with Crippen molar-refractivity contribution in [3.63, 3.8) is 0 Å². The van der Waals surface area contributed by atoms with Gasteiger partial charge in [-0.3, -0.25) is 14.9 Å². The Hall–Kier alpha value is -2.59. The van der Waals surface area contributed by atoms with Crippen molar-refractivity contribution in [2.24, 2.45) is 4.99 Å². The molecule has 4 nitrogen and oxygen atoms in total. The van der Waals surface area contributed by atoms with Gasteiger partial charge in [-0.15, -0.1) is 0 Å². The number of nitrogens with one attached hydrogen (secondary N) is 1. The van der Waals surface area contributed by atoms with Crippen LogP contribution >= 0.6 is 11.6 Å². The summed E-state index contributed by atoms with van der Waals surface area (Å²) in [6, 6.07) is 15.0. The molecule has 0 fully saturated rings. The summed E-state index contributed by atoms with van der Waals surface area (Å²) in [7, 11) is 0. The molecular formula is C18H16ClN3O. The summed E-state index contributed by atoms with van der Waals surface area (Å²) in [5.74, 6) is 0. The fourth-order valence-electron chi connectivity index (χ4n) is 2.34. The summed E-state index contributed by atoms with van der Waals surface area (Å²) in [4.78, 5) is 17.0. The molecular weight excluding hydrogens is 310 g/mol.